The van der Waals surface area contributed by atoms with Gasteiger partial charge in [-0.1, -0.05) is 109 Å². The summed E-state index contributed by atoms with van der Waals surface area (Å²) < 4.78 is 0. The van der Waals surface area contributed by atoms with Gasteiger partial charge >= 0.3 is 0 Å². The highest BCUT2D eigenvalue weighted by Crippen LogP contribution is 2.51. The lowest BCUT2D eigenvalue weighted by Gasteiger charge is -2.29. The minimum Gasteiger partial charge on any atom is -0.293 e. The van der Waals surface area contributed by atoms with Crippen LogP contribution in [-0.2, 0) is 0 Å². The SMILES string of the molecule is Cc1cc(C)c(C(=O)C(c2ccccc2)P(c2ccccc2)c2ccccc2)c(C)c1. The molecular weight excluding hydrogens is 395 g/mol. The van der Waals surface area contributed by atoms with Crippen LogP contribution in [0.3, 0.4) is 0 Å². The zero-order chi connectivity index (χ0) is 21.8. The number of ketones is 1. The Hall–Kier alpha value is -3.02. The molecule has 0 saturated heterocycles. The van der Waals surface area contributed by atoms with Crippen molar-refractivity contribution in [1.82, 2.24) is 0 Å². The number of rotatable bonds is 6. The summed E-state index contributed by atoms with van der Waals surface area (Å²) in [4.78, 5) is 14.3. The van der Waals surface area contributed by atoms with Gasteiger partial charge in [-0.15, -0.1) is 0 Å². The number of hydrogen-bond donors (Lipinski definition) is 0. The summed E-state index contributed by atoms with van der Waals surface area (Å²) in [6.45, 7) is 6.20. The highest BCUT2D eigenvalue weighted by atomic mass is 31.1. The molecule has 31 heavy (non-hydrogen) atoms. The average Bonchev–Trinajstić information content (AvgIpc) is 2.78. The highest BCUT2D eigenvalue weighted by Gasteiger charge is 2.34. The maximum Gasteiger partial charge on any atom is 0.175 e. The molecule has 0 saturated carbocycles. The van der Waals surface area contributed by atoms with Crippen LogP contribution in [0.2, 0.25) is 0 Å². The second-order valence-corrected chi connectivity index (χ2v) is 10.3. The summed E-state index contributed by atoms with van der Waals surface area (Å²) in [5, 5.41) is 2.43. The molecule has 0 N–H and O–H groups in total. The predicted octanol–water partition coefficient (Wildman–Crippen LogP) is 6.67. The van der Waals surface area contributed by atoms with Crippen molar-refractivity contribution in [3.05, 3.63) is 131 Å². The molecule has 0 bridgehead atoms. The van der Waals surface area contributed by atoms with E-state index >= 15 is 0 Å². The van der Waals surface area contributed by atoms with Crippen molar-refractivity contribution in [3.8, 4) is 0 Å². The lowest BCUT2D eigenvalue weighted by atomic mass is 9.93. The predicted molar refractivity (Wildman–Crippen MR) is 133 cm³/mol. The van der Waals surface area contributed by atoms with Gasteiger partial charge in [0.1, 0.15) is 0 Å². The van der Waals surface area contributed by atoms with Crippen molar-refractivity contribution >= 4 is 24.3 Å². The summed E-state index contributed by atoms with van der Waals surface area (Å²) in [7, 11) is -0.936. The van der Waals surface area contributed by atoms with Gasteiger partial charge in [-0.25, -0.2) is 0 Å². The van der Waals surface area contributed by atoms with Gasteiger partial charge in [0.15, 0.2) is 5.78 Å². The van der Waals surface area contributed by atoms with Gasteiger partial charge in [0, 0.05) is 5.56 Å². The highest BCUT2D eigenvalue weighted by molar-refractivity contribution is 7.74. The van der Waals surface area contributed by atoms with Crippen LogP contribution in [0.1, 0.15) is 38.3 Å². The molecule has 2 heteroatoms. The van der Waals surface area contributed by atoms with E-state index in [1.165, 1.54) is 16.2 Å². The van der Waals surface area contributed by atoms with Gasteiger partial charge in [-0.2, -0.15) is 0 Å². The smallest absolute Gasteiger partial charge is 0.175 e. The Morgan fingerprint density at radius 3 is 1.52 bits per heavy atom. The summed E-state index contributed by atoms with van der Waals surface area (Å²) in [5.74, 6) is 0.208. The van der Waals surface area contributed by atoms with Crippen LogP contribution in [0.15, 0.2) is 103 Å². The number of benzene rings is 4. The first-order chi connectivity index (χ1) is 15.1. The third kappa shape index (κ3) is 4.53. The lowest BCUT2D eigenvalue weighted by Crippen LogP contribution is -2.24. The zero-order valence-corrected chi connectivity index (χ0v) is 19.1. The molecule has 0 aliphatic rings. The summed E-state index contributed by atoms with van der Waals surface area (Å²) in [6, 6.07) is 35.5. The van der Waals surface area contributed by atoms with Gasteiger partial charge in [0.25, 0.3) is 0 Å². The molecule has 0 amide bonds. The molecule has 1 atom stereocenters. The van der Waals surface area contributed by atoms with Crippen LogP contribution < -0.4 is 10.6 Å². The van der Waals surface area contributed by atoms with E-state index in [9.17, 15) is 4.79 Å². The fourth-order valence-electron chi connectivity index (χ4n) is 4.38. The monoisotopic (exact) mass is 422 g/mol. The van der Waals surface area contributed by atoms with Crippen molar-refractivity contribution in [2.24, 2.45) is 0 Å². The fourth-order valence-corrected chi connectivity index (χ4v) is 7.10. The number of carbonyl (C=O) groups excluding carboxylic acids is 1. The van der Waals surface area contributed by atoms with E-state index in [2.05, 4.69) is 93.6 Å². The molecule has 0 aliphatic heterocycles. The van der Waals surface area contributed by atoms with Gasteiger partial charge in [0.2, 0.25) is 0 Å². The molecule has 154 valence electrons. The molecule has 1 unspecified atom stereocenters. The summed E-state index contributed by atoms with van der Waals surface area (Å²) in [5.41, 5.74) is 4.99. The Kier molecular flexibility index (Phi) is 6.44. The first-order valence-electron chi connectivity index (χ1n) is 10.6. The van der Waals surface area contributed by atoms with E-state index in [0.29, 0.717) is 0 Å². The molecule has 0 radical (unpaired) electrons. The van der Waals surface area contributed by atoms with Crippen molar-refractivity contribution in [1.29, 1.82) is 0 Å². The molecule has 0 fully saturated rings. The standard InChI is InChI=1S/C29H27OP/c1-21-19-22(2)27(23(3)20-21)28(30)29(24-13-7-4-8-14-24)31(25-15-9-5-10-16-25)26-17-11-6-12-18-26/h4-20,29H,1-3H3. The van der Waals surface area contributed by atoms with Gasteiger partial charge in [0.05, 0.1) is 5.66 Å². The van der Waals surface area contributed by atoms with Crippen molar-refractivity contribution in [2.45, 2.75) is 26.4 Å². The molecule has 0 aromatic heterocycles. The maximum absolute atomic E-state index is 14.3. The van der Waals surface area contributed by atoms with Crippen molar-refractivity contribution in [2.75, 3.05) is 0 Å². The first-order valence-corrected chi connectivity index (χ1v) is 12.0. The van der Waals surface area contributed by atoms with Gasteiger partial charge < -0.3 is 0 Å². The Morgan fingerprint density at radius 2 is 1.06 bits per heavy atom. The minimum atomic E-state index is -0.936. The third-order valence-electron chi connectivity index (χ3n) is 5.61. The summed E-state index contributed by atoms with van der Waals surface area (Å²) >= 11 is 0. The number of carbonyl (C=O) groups is 1. The van der Waals surface area contributed by atoms with Crippen molar-refractivity contribution < 1.29 is 4.79 Å². The number of hydrogen-bond acceptors (Lipinski definition) is 1. The van der Waals surface area contributed by atoms with Gasteiger partial charge in [-0.05, 0) is 56.0 Å². The second kappa shape index (κ2) is 9.41. The molecular formula is C29H27OP. The molecule has 4 aromatic rings. The number of Topliss-reactive ketones (excluding diaryl/α,β-unsaturated/α-hetero) is 1. The summed E-state index contributed by atoms with van der Waals surface area (Å²) in [6.07, 6.45) is 0. The van der Waals surface area contributed by atoms with Crippen LogP contribution in [-0.4, -0.2) is 5.78 Å². The first kappa shape index (κ1) is 21.2. The quantitative estimate of drug-likeness (QED) is 0.251. The van der Waals surface area contributed by atoms with E-state index in [4.69, 9.17) is 0 Å². The zero-order valence-electron chi connectivity index (χ0n) is 18.2. The number of aryl methyl sites for hydroxylation is 3. The largest absolute Gasteiger partial charge is 0.293 e. The van der Waals surface area contributed by atoms with E-state index in [1.807, 2.05) is 30.3 Å². The van der Waals surface area contributed by atoms with E-state index < -0.39 is 7.92 Å². The van der Waals surface area contributed by atoms with Crippen LogP contribution in [0, 0.1) is 20.8 Å². The van der Waals surface area contributed by atoms with Crippen molar-refractivity contribution in [3.63, 3.8) is 0 Å². The van der Waals surface area contributed by atoms with E-state index in [1.54, 1.807) is 0 Å². The maximum atomic E-state index is 14.3. The topological polar surface area (TPSA) is 17.1 Å². The van der Waals surface area contributed by atoms with Crippen LogP contribution >= 0.6 is 7.92 Å². The normalized spacial score (nSPS) is 12.0. The minimum absolute atomic E-state index is 0.208. The molecule has 4 aromatic carbocycles. The van der Waals surface area contributed by atoms with Crippen LogP contribution in [0.4, 0.5) is 0 Å². The molecule has 0 heterocycles. The van der Waals surface area contributed by atoms with Crippen LogP contribution in [0.25, 0.3) is 0 Å². The third-order valence-corrected chi connectivity index (χ3v) is 8.37. The van der Waals surface area contributed by atoms with Crippen LogP contribution in [0.5, 0.6) is 0 Å². The Labute approximate surface area is 186 Å². The fraction of sp³-hybridized carbons (Fsp3) is 0.138. The molecule has 0 spiro atoms. The van der Waals surface area contributed by atoms with E-state index in [0.717, 1.165) is 22.3 Å². The van der Waals surface area contributed by atoms with Gasteiger partial charge in [-0.3, -0.25) is 4.79 Å². The Bertz CT molecular complexity index is 1100. The average molecular weight is 423 g/mol. The van der Waals surface area contributed by atoms with E-state index in [-0.39, 0.29) is 11.4 Å². The molecule has 0 aliphatic carbocycles. The Morgan fingerprint density at radius 1 is 0.645 bits per heavy atom. The lowest BCUT2D eigenvalue weighted by molar-refractivity contribution is 0.0987. The second-order valence-electron chi connectivity index (χ2n) is 7.99. The molecule has 1 nitrogen and oxygen atoms in total. The Balaban J connectivity index is 1.95. The molecule has 4 rings (SSSR count).